The molecule has 2 rings (SSSR count). The van der Waals surface area contributed by atoms with Gasteiger partial charge >= 0.3 is 6.03 Å². The van der Waals surface area contributed by atoms with E-state index in [9.17, 15) is 14.3 Å². The van der Waals surface area contributed by atoms with Crippen molar-refractivity contribution < 1.29 is 14.3 Å². The number of likely N-dealkylation sites (N-methyl/N-ethyl adjacent to an activating group) is 1. The van der Waals surface area contributed by atoms with Crippen molar-refractivity contribution in [3.63, 3.8) is 0 Å². The van der Waals surface area contributed by atoms with Gasteiger partial charge in [-0.2, -0.15) is 0 Å². The SMILES string of the molecule is Cc1cc(NC(=O)N(C)CC(C)O)nn1-c1cccc(F)c1. The normalized spacial score (nSPS) is 12.0. The third-order valence-electron chi connectivity index (χ3n) is 3.06. The van der Waals surface area contributed by atoms with E-state index < -0.39 is 6.10 Å². The molecule has 1 unspecified atom stereocenters. The quantitative estimate of drug-likeness (QED) is 0.909. The van der Waals surface area contributed by atoms with E-state index in [1.165, 1.54) is 17.0 Å². The number of aliphatic hydroxyl groups excluding tert-OH is 1. The largest absolute Gasteiger partial charge is 0.392 e. The van der Waals surface area contributed by atoms with Crippen molar-refractivity contribution in [2.24, 2.45) is 0 Å². The molecule has 2 amide bonds. The van der Waals surface area contributed by atoms with Gasteiger partial charge < -0.3 is 10.0 Å². The molecule has 0 saturated carbocycles. The zero-order valence-corrected chi connectivity index (χ0v) is 12.7. The van der Waals surface area contributed by atoms with Crippen LogP contribution in [0.25, 0.3) is 5.69 Å². The summed E-state index contributed by atoms with van der Waals surface area (Å²) in [5.41, 5.74) is 1.34. The van der Waals surface area contributed by atoms with Gasteiger partial charge in [0.05, 0.1) is 11.8 Å². The van der Waals surface area contributed by atoms with E-state index in [-0.39, 0.29) is 18.4 Å². The molecule has 7 heteroatoms. The molecule has 0 fully saturated rings. The van der Waals surface area contributed by atoms with Crippen molar-refractivity contribution in [3.8, 4) is 5.69 Å². The van der Waals surface area contributed by atoms with Gasteiger partial charge in [-0.25, -0.2) is 13.9 Å². The van der Waals surface area contributed by atoms with E-state index in [1.54, 1.807) is 36.9 Å². The number of rotatable bonds is 4. The maximum absolute atomic E-state index is 13.3. The van der Waals surface area contributed by atoms with Crippen molar-refractivity contribution in [3.05, 3.63) is 41.8 Å². The Bertz CT molecular complexity index is 669. The van der Waals surface area contributed by atoms with Crippen LogP contribution in [0.1, 0.15) is 12.6 Å². The van der Waals surface area contributed by atoms with Crippen molar-refractivity contribution in [1.82, 2.24) is 14.7 Å². The molecule has 0 radical (unpaired) electrons. The number of carbonyl (C=O) groups is 1. The smallest absolute Gasteiger partial charge is 0.322 e. The Hall–Kier alpha value is -2.41. The zero-order chi connectivity index (χ0) is 16.3. The highest BCUT2D eigenvalue weighted by atomic mass is 19.1. The number of carbonyl (C=O) groups excluding carboxylic acids is 1. The molecule has 6 nitrogen and oxygen atoms in total. The number of urea groups is 1. The van der Waals surface area contributed by atoms with Crippen LogP contribution in [0.3, 0.4) is 0 Å². The Morgan fingerprint density at radius 1 is 1.50 bits per heavy atom. The van der Waals surface area contributed by atoms with E-state index in [0.29, 0.717) is 11.5 Å². The van der Waals surface area contributed by atoms with Crippen LogP contribution in [-0.2, 0) is 0 Å². The Balaban J connectivity index is 2.15. The molecular weight excluding hydrogens is 287 g/mol. The number of aryl methyl sites for hydroxylation is 1. The minimum atomic E-state index is -0.609. The third kappa shape index (κ3) is 3.82. The average molecular weight is 306 g/mol. The predicted molar refractivity (Wildman–Crippen MR) is 81.6 cm³/mol. The molecule has 1 atom stereocenters. The van der Waals surface area contributed by atoms with Gasteiger partial charge in [0, 0.05) is 25.4 Å². The molecule has 1 aromatic carbocycles. The van der Waals surface area contributed by atoms with Crippen LogP contribution in [-0.4, -0.2) is 45.5 Å². The Morgan fingerprint density at radius 2 is 2.23 bits per heavy atom. The highest BCUT2D eigenvalue weighted by molar-refractivity contribution is 5.88. The molecule has 22 heavy (non-hydrogen) atoms. The summed E-state index contributed by atoms with van der Waals surface area (Å²) in [6.45, 7) is 3.63. The Kier molecular flexibility index (Phi) is 4.77. The van der Waals surface area contributed by atoms with Gasteiger partial charge in [0.1, 0.15) is 5.82 Å². The van der Waals surface area contributed by atoms with Gasteiger partial charge in [-0.3, -0.25) is 5.32 Å². The number of benzene rings is 1. The highest BCUT2D eigenvalue weighted by Gasteiger charge is 2.14. The van der Waals surface area contributed by atoms with E-state index >= 15 is 0 Å². The number of anilines is 1. The first kappa shape index (κ1) is 16.0. The topological polar surface area (TPSA) is 70.4 Å². The lowest BCUT2D eigenvalue weighted by Gasteiger charge is -2.18. The van der Waals surface area contributed by atoms with Crippen LogP contribution in [0.4, 0.5) is 15.0 Å². The molecule has 0 aliphatic heterocycles. The monoisotopic (exact) mass is 306 g/mol. The summed E-state index contributed by atoms with van der Waals surface area (Å²) in [7, 11) is 1.58. The fourth-order valence-corrected chi connectivity index (χ4v) is 2.09. The fraction of sp³-hybridized carbons (Fsp3) is 0.333. The molecule has 0 spiro atoms. The molecule has 0 aliphatic carbocycles. The number of hydrogen-bond acceptors (Lipinski definition) is 3. The van der Waals surface area contributed by atoms with Gasteiger partial charge in [0.25, 0.3) is 0 Å². The third-order valence-corrected chi connectivity index (χ3v) is 3.06. The zero-order valence-electron chi connectivity index (χ0n) is 12.7. The standard InChI is InChI=1S/C15H19FN4O2/c1-10-7-14(17-15(22)19(3)9-11(2)21)18-20(10)13-6-4-5-12(16)8-13/h4-8,11,21H,9H2,1-3H3,(H,17,18,22). The molecule has 0 aliphatic rings. The molecule has 0 saturated heterocycles. The lowest BCUT2D eigenvalue weighted by Crippen LogP contribution is -2.36. The van der Waals surface area contributed by atoms with E-state index in [4.69, 9.17) is 0 Å². The lowest BCUT2D eigenvalue weighted by atomic mass is 10.3. The molecule has 118 valence electrons. The number of nitrogens with one attached hydrogen (secondary N) is 1. The Morgan fingerprint density at radius 3 is 2.86 bits per heavy atom. The van der Waals surface area contributed by atoms with Crippen molar-refractivity contribution in [2.45, 2.75) is 20.0 Å². The predicted octanol–water partition coefficient (Wildman–Crippen LogP) is 2.16. The number of amides is 2. The summed E-state index contributed by atoms with van der Waals surface area (Å²) in [5, 5.41) is 16.2. The van der Waals surface area contributed by atoms with Gasteiger partial charge in [-0.05, 0) is 32.0 Å². The minimum absolute atomic E-state index is 0.218. The van der Waals surface area contributed by atoms with Crippen molar-refractivity contribution >= 4 is 11.8 Å². The molecule has 2 aromatic rings. The second-order valence-electron chi connectivity index (χ2n) is 5.22. The molecule has 2 N–H and O–H groups in total. The van der Waals surface area contributed by atoms with Crippen LogP contribution in [0.15, 0.2) is 30.3 Å². The number of halogens is 1. The second-order valence-corrected chi connectivity index (χ2v) is 5.22. The summed E-state index contributed by atoms with van der Waals surface area (Å²) in [6.07, 6.45) is -0.609. The lowest BCUT2D eigenvalue weighted by molar-refractivity contribution is 0.149. The number of aliphatic hydroxyl groups is 1. The fourth-order valence-electron chi connectivity index (χ4n) is 2.09. The number of nitrogens with zero attached hydrogens (tertiary/aromatic N) is 3. The van der Waals surface area contributed by atoms with Gasteiger partial charge in [0.2, 0.25) is 0 Å². The van der Waals surface area contributed by atoms with Crippen LogP contribution in [0.5, 0.6) is 0 Å². The minimum Gasteiger partial charge on any atom is -0.392 e. The maximum atomic E-state index is 13.3. The highest BCUT2D eigenvalue weighted by Crippen LogP contribution is 2.16. The van der Waals surface area contributed by atoms with Gasteiger partial charge in [0.15, 0.2) is 5.82 Å². The van der Waals surface area contributed by atoms with Crippen molar-refractivity contribution in [1.29, 1.82) is 0 Å². The molecule has 1 aromatic heterocycles. The summed E-state index contributed by atoms with van der Waals surface area (Å²) in [6, 6.07) is 7.37. The van der Waals surface area contributed by atoms with Crippen molar-refractivity contribution in [2.75, 3.05) is 18.9 Å². The van der Waals surface area contributed by atoms with Gasteiger partial charge in [-0.15, -0.1) is 5.10 Å². The summed E-state index contributed by atoms with van der Waals surface area (Å²) in [5.74, 6) is 0.0128. The summed E-state index contributed by atoms with van der Waals surface area (Å²) in [4.78, 5) is 13.3. The molecule has 0 bridgehead atoms. The van der Waals surface area contributed by atoms with E-state index in [1.807, 2.05) is 6.92 Å². The summed E-state index contributed by atoms with van der Waals surface area (Å²) >= 11 is 0. The van der Waals surface area contributed by atoms with Gasteiger partial charge in [-0.1, -0.05) is 6.07 Å². The maximum Gasteiger partial charge on any atom is 0.322 e. The second kappa shape index (κ2) is 6.57. The van der Waals surface area contributed by atoms with Crippen LogP contribution >= 0.6 is 0 Å². The average Bonchev–Trinajstić information content (AvgIpc) is 2.78. The van der Waals surface area contributed by atoms with Crippen LogP contribution in [0.2, 0.25) is 0 Å². The van der Waals surface area contributed by atoms with Crippen LogP contribution in [0, 0.1) is 12.7 Å². The Labute approximate surface area is 128 Å². The first-order chi connectivity index (χ1) is 10.4. The molecule has 1 heterocycles. The van der Waals surface area contributed by atoms with Crippen LogP contribution < -0.4 is 5.32 Å². The number of hydrogen-bond donors (Lipinski definition) is 2. The first-order valence-electron chi connectivity index (χ1n) is 6.89. The molecular formula is C15H19FN4O2. The summed E-state index contributed by atoms with van der Waals surface area (Å²) < 4.78 is 14.8. The first-order valence-corrected chi connectivity index (χ1v) is 6.89. The number of aromatic nitrogens is 2. The van der Waals surface area contributed by atoms with E-state index in [2.05, 4.69) is 10.4 Å². The van der Waals surface area contributed by atoms with E-state index in [0.717, 1.165) is 5.69 Å².